The van der Waals surface area contributed by atoms with Crippen molar-refractivity contribution in [3.05, 3.63) is 29.3 Å². The van der Waals surface area contributed by atoms with E-state index in [2.05, 4.69) is 45.9 Å². The molecule has 96 valence electrons. The number of benzene rings is 1. The molecule has 0 N–H and O–H groups in total. The molecule has 0 aliphatic heterocycles. The minimum Gasteiger partial charge on any atom is -0.0753 e. The van der Waals surface area contributed by atoms with Gasteiger partial charge in [0.05, 0.1) is 0 Å². The zero-order chi connectivity index (χ0) is 12.7. The molecule has 0 bridgehead atoms. The Labute approximate surface area is 109 Å². The molecule has 0 spiro atoms. The third-order valence-corrected chi connectivity index (χ3v) is 5.84. The van der Waals surface area contributed by atoms with Gasteiger partial charge in [-0.05, 0) is 44.3 Å². The van der Waals surface area contributed by atoms with Crippen molar-refractivity contribution in [2.75, 3.05) is 12.3 Å². The summed E-state index contributed by atoms with van der Waals surface area (Å²) >= 11 is 0. The first-order valence-electron chi connectivity index (χ1n) is 7.00. The van der Waals surface area contributed by atoms with Gasteiger partial charge in [0.2, 0.25) is 0 Å². The van der Waals surface area contributed by atoms with Crippen LogP contribution in [0.2, 0.25) is 0 Å². The second-order valence-electron chi connectivity index (χ2n) is 5.04. The molecular formula is C16H27P. The molecule has 0 atom stereocenters. The molecule has 0 amide bonds. The van der Waals surface area contributed by atoms with Gasteiger partial charge in [-0.3, -0.25) is 0 Å². The first-order chi connectivity index (χ1) is 8.17. The van der Waals surface area contributed by atoms with Gasteiger partial charge in [0.1, 0.15) is 0 Å². The first-order valence-corrected chi connectivity index (χ1v) is 8.71. The van der Waals surface area contributed by atoms with Crippen LogP contribution in [0.4, 0.5) is 0 Å². The molecule has 0 nitrogen and oxygen atoms in total. The predicted octanol–water partition coefficient (Wildman–Crippen LogP) is 5.01. The van der Waals surface area contributed by atoms with Gasteiger partial charge in [-0.2, -0.15) is 0 Å². The summed E-state index contributed by atoms with van der Waals surface area (Å²) in [5.74, 6) is 0. The largest absolute Gasteiger partial charge is 0.0753 e. The van der Waals surface area contributed by atoms with Crippen molar-refractivity contribution in [2.45, 2.75) is 53.4 Å². The van der Waals surface area contributed by atoms with Crippen molar-refractivity contribution < 1.29 is 0 Å². The highest BCUT2D eigenvalue weighted by Gasteiger charge is 2.10. The van der Waals surface area contributed by atoms with E-state index in [4.69, 9.17) is 0 Å². The summed E-state index contributed by atoms with van der Waals surface area (Å²) in [5, 5.41) is 1.64. The van der Waals surface area contributed by atoms with Crippen molar-refractivity contribution in [1.82, 2.24) is 0 Å². The Hall–Kier alpha value is -0.350. The molecule has 0 saturated heterocycles. The third kappa shape index (κ3) is 5.21. The summed E-state index contributed by atoms with van der Waals surface area (Å²) in [7, 11) is 0.100. The highest BCUT2D eigenvalue weighted by atomic mass is 31.1. The summed E-state index contributed by atoms with van der Waals surface area (Å²) in [5.41, 5.74) is 2.86. The lowest BCUT2D eigenvalue weighted by Gasteiger charge is -2.19. The van der Waals surface area contributed by atoms with Gasteiger partial charge in [-0.1, -0.05) is 63.9 Å². The lowest BCUT2D eigenvalue weighted by Crippen LogP contribution is -2.08. The van der Waals surface area contributed by atoms with Crippen LogP contribution in [0.25, 0.3) is 0 Å². The van der Waals surface area contributed by atoms with Crippen LogP contribution in [-0.4, -0.2) is 12.3 Å². The molecular weight excluding hydrogens is 223 g/mol. The van der Waals surface area contributed by atoms with Crippen LogP contribution in [0.5, 0.6) is 0 Å². The Kier molecular flexibility index (Phi) is 6.82. The average Bonchev–Trinajstić information content (AvgIpc) is 2.28. The standard InChI is InChI=1S/C16H27P/c1-5-7-9-17(10-8-6-2)16-12-14(3)11-15(4)13-16/h11-13H,5-10H2,1-4H3. The van der Waals surface area contributed by atoms with Gasteiger partial charge in [0, 0.05) is 0 Å². The molecule has 0 saturated carbocycles. The number of rotatable bonds is 7. The molecule has 0 aliphatic carbocycles. The van der Waals surface area contributed by atoms with Gasteiger partial charge in [-0.15, -0.1) is 0 Å². The maximum absolute atomic E-state index is 2.42. The van der Waals surface area contributed by atoms with Gasteiger partial charge < -0.3 is 0 Å². The normalized spacial score (nSPS) is 11.1. The summed E-state index contributed by atoms with van der Waals surface area (Å²) < 4.78 is 0. The SMILES string of the molecule is CCCCP(CCCC)c1cc(C)cc(C)c1. The second kappa shape index (κ2) is 7.88. The zero-order valence-electron chi connectivity index (χ0n) is 11.9. The smallest absolute Gasteiger partial charge is 0.0235 e. The van der Waals surface area contributed by atoms with Crippen molar-refractivity contribution in [2.24, 2.45) is 0 Å². The van der Waals surface area contributed by atoms with Crippen molar-refractivity contribution in [3.8, 4) is 0 Å². The lowest BCUT2D eigenvalue weighted by atomic mass is 10.2. The maximum atomic E-state index is 2.42. The molecule has 1 rings (SSSR count). The minimum absolute atomic E-state index is 0.100. The average molecular weight is 250 g/mol. The van der Waals surface area contributed by atoms with E-state index in [0.717, 1.165) is 0 Å². The highest BCUT2D eigenvalue weighted by Crippen LogP contribution is 2.37. The molecule has 0 fully saturated rings. The quantitative estimate of drug-likeness (QED) is 0.597. The molecule has 1 aromatic rings. The number of aryl methyl sites for hydroxylation is 2. The number of unbranched alkanes of at least 4 members (excludes halogenated alkanes) is 2. The van der Waals surface area contributed by atoms with Crippen molar-refractivity contribution >= 4 is 13.2 Å². The lowest BCUT2D eigenvalue weighted by molar-refractivity contribution is 0.870. The van der Waals surface area contributed by atoms with Crippen LogP contribution in [0, 0.1) is 13.8 Å². The monoisotopic (exact) mass is 250 g/mol. The van der Waals surface area contributed by atoms with Gasteiger partial charge in [0.25, 0.3) is 0 Å². The second-order valence-corrected chi connectivity index (χ2v) is 7.53. The van der Waals surface area contributed by atoms with Crippen LogP contribution in [0.1, 0.15) is 50.7 Å². The highest BCUT2D eigenvalue weighted by molar-refractivity contribution is 7.65. The molecule has 0 aromatic heterocycles. The van der Waals surface area contributed by atoms with Crippen LogP contribution < -0.4 is 5.30 Å². The Morgan fingerprint density at radius 2 is 1.29 bits per heavy atom. The van der Waals surface area contributed by atoms with E-state index in [-0.39, 0.29) is 7.92 Å². The van der Waals surface area contributed by atoms with E-state index in [1.54, 1.807) is 5.30 Å². The Bertz CT molecular complexity index is 302. The topological polar surface area (TPSA) is 0 Å². The van der Waals surface area contributed by atoms with Crippen molar-refractivity contribution in [3.63, 3.8) is 0 Å². The predicted molar refractivity (Wildman–Crippen MR) is 82.0 cm³/mol. The third-order valence-electron chi connectivity index (χ3n) is 3.13. The summed E-state index contributed by atoms with van der Waals surface area (Å²) in [6.07, 6.45) is 8.29. The first kappa shape index (κ1) is 14.7. The fraction of sp³-hybridized carbons (Fsp3) is 0.625. The minimum atomic E-state index is 0.100. The fourth-order valence-corrected chi connectivity index (χ4v) is 5.11. The summed E-state index contributed by atoms with van der Waals surface area (Å²) in [4.78, 5) is 0. The molecule has 0 heterocycles. The zero-order valence-corrected chi connectivity index (χ0v) is 12.8. The van der Waals surface area contributed by atoms with E-state index in [1.165, 1.54) is 49.1 Å². The molecule has 1 aromatic carbocycles. The van der Waals surface area contributed by atoms with Crippen LogP contribution >= 0.6 is 7.92 Å². The Balaban J connectivity index is 2.78. The van der Waals surface area contributed by atoms with Crippen molar-refractivity contribution in [1.29, 1.82) is 0 Å². The van der Waals surface area contributed by atoms with Gasteiger partial charge in [-0.25, -0.2) is 0 Å². The van der Waals surface area contributed by atoms with E-state index in [0.29, 0.717) is 0 Å². The Morgan fingerprint density at radius 3 is 1.71 bits per heavy atom. The van der Waals surface area contributed by atoms with E-state index in [9.17, 15) is 0 Å². The molecule has 0 unspecified atom stereocenters. The molecule has 0 aliphatic rings. The summed E-state index contributed by atoms with van der Waals surface area (Å²) in [6, 6.07) is 7.13. The Morgan fingerprint density at radius 1 is 0.824 bits per heavy atom. The van der Waals surface area contributed by atoms with Gasteiger partial charge >= 0.3 is 0 Å². The van der Waals surface area contributed by atoms with E-state index >= 15 is 0 Å². The van der Waals surface area contributed by atoms with Crippen LogP contribution in [-0.2, 0) is 0 Å². The molecule has 17 heavy (non-hydrogen) atoms. The molecule has 1 heteroatoms. The summed E-state index contributed by atoms with van der Waals surface area (Å²) in [6.45, 7) is 9.05. The molecule has 0 radical (unpaired) electrons. The fourth-order valence-electron chi connectivity index (χ4n) is 2.20. The number of hydrogen-bond donors (Lipinski definition) is 0. The van der Waals surface area contributed by atoms with Gasteiger partial charge in [0.15, 0.2) is 0 Å². The van der Waals surface area contributed by atoms with E-state index < -0.39 is 0 Å². The van der Waals surface area contributed by atoms with Crippen LogP contribution in [0.15, 0.2) is 18.2 Å². The van der Waals surface area contributed by atoms with Crippen LogP contribution in [0.3, 0.4) is 0 Å². The van der Waals surface area contributed by atoms with E-state index in [1.807, 2.05) is 0 Å². The maximum Gasteiger partial charge on any atom is -0.0235 e. The number of hydrogen-bond acceptors (Lipinski definition) is 0.